The van der Waals surface area contributed by atoms with Crippen LogP contribution in [-0.2, 0) is 11.8 Å². The second-order valence-corrected chi connectivity index (χ2v) is 7.88. The third kappa shape index (κ3) is 6.25. The van der Waals surface area contributed by atoms with Gasteiger partial charge in [-0.1, -0.05) is 51.1 Å². The van der Waals surface area contributed by atoms with Crippen LogP contribution in [0.3, 0.4) is 0 Å². The Balaban J connectivity index is 2.11. The van der Waals surface area contributed by atoms with E-state index in [2.05, 4.69) is 37.1 Å². The summed E-state index contributed by atoms with van der Waals surface area (Å²) >= 11 is 0. The molecule has 3 N–H and O–H groups in total. The second kappa shape index (κ2) is 8.86. The molecule has 0 unspecified atom stereocenters. The molecular weight excluding hydrogens is 342 g/mol. The molecule has 0 radical (unpaired) electrons. The van der Waals surface area contributed by atoms with Crippen LogP contribution in [0.15, 0.2) is 48.8 Å². The molecule has 0 saturated heterocycles. The van der Waals surface area contributed by atoms with E-state index < -0.39 is 18.2 Å². The minimum absolute atomic E-state index is 0.0246. The first kappa shape index (κ1) is 20.7. The number of aromatic nitrogens is 1. The number of likely N-dealkylation sites (N-methyl/N-ethyl adjacent to an activating group) is 1. The number of hydrogen-bond donors (Lipinski definition) is 3. The molecule has 146 valence electrons. The lowest BCUT2D eigenvalue weighted by molar-refractivity contribution is 0.124. The fourth-order valence-electron chi connectivity index (χ4n) is 2.87. The smallest absolute Gasteiger partial charge is 0.404 e. The van der Waals surface area contributed by atoms with Crippen molar-refractivity contribution in [1.82, 2.24) is 10.3 Å². The maximum absolute atomic E-state index is 11.2. The second-order valence-electron chi connectivity index (χ2n) is 7.88. The van der Waals surface area contributed by atoms with Crippen molar-refractivity contribution < 1.29 is 15.0 Å². The first-order valence-corrected chi connectivity index (χ1v) is 9.05. The number of nitrogens with one attached hydrogen (secondary N) is 1. The minimum Gasteiger partial charge on any atom is -0.465 e. The fraction of sp³-hybridized carbons (Fsp3) is 0.429. The van der Waals surface area contributed by atoms with Crippen molar-refractivity contribution >= 4 is 11.8 Å². The Bertz CT molecular complexity index is 744. The van der Waals surface area contributed by atoms with E-state index in [1.54, 1.807) is 6.20 Å². The summed E-state index contributed by atoms with van der Waals surface area (Å²) in [4.78, 5) is 17.4. The van der Waals surface area contributed by atoms with Gasteiger partial charge in [0.15, 0.2) is 0 Å². The Morgan fingerprint density at radius 1 is 1.22 bits per heavy atom. The summed E-state index contributed by atoms with van der Waals surface area (Å²) in [6.45, 7) is 6.65. The SMILES string of the molecule is CN(C[C@@H](O)[C@H](Cc1ccccc1)NC(=O)O)c1cncc(C(C)(C)C)c1. The highest BCUT2D eigenvalue weighted by Gasteiger charge is 2.24. The van der Waals surface area contributed by atoms with Gasteiger partial charge in [-0.3, -0.25) is 4.98 Å². The summed E-state index contributed by atoms with van der Waals surface area (Å²) in [5.41, 5.74) is 2.93. The third-order valence-electron chi connectivity index (χ3n) is 4.56. The zero-order valence-electron chi connectivity index (χ0n) is 16.4. The van der Waals surface area contributed by atoms with Crippen molar-refractivity contribution in [2.45, 2.75) is 44.8 Å². The van der Waals surface area contributed by atoms with Crippen molar-refractivity contribution in [3.63, 3.8) is 0 Å². The lowest BCUT2D eigenvalue weighted by Crippen LogP contribution is -2.48. The molecule has 0 spiro atoms. The number of pyridine rings is 1. The minimum atomic E-state index is -1.14. The van der Waals surface area contributed by atoms with Gasteiger partial charge in [-0.15, -0.1) is 0 Å². The Morgan fingerprint density at radius 2 is 1.89 bits per heavy atom. The molecule has 6 heteroatoms. The van der Waals surface area contributed by atoms with Crippen LogP contribution < -0.4 is 10.2 Å². The van der Waals surface area contributed by atoms with Gasteiger partial charge >= 0.3 is 6.09 Å². The van der Waals surface area contributed by atoms with E-state index in [0.29, 0.717) is 6.42 Å². The summed E-state index contributed by atoms with van der Waals surface area (Å²) in [5, 5.41) is 22.3. The van der Waals surface area contributed by atoms with Gasteiger partial charge in [0.2, 0.25) is 0 Å². The highest BCUT2D eigenvalue weighted by Crippen LogP contribution is 2.25. The molecule has 0 aliphatic heterocycles. The van der Waals surface area contributed by atoms with Crippen LogP contribution in [0.1, 0.15) is 31.9 Å². The molecule has 2 atom stereocenters. The Hall–Kier alpha value is -2.60. The zero-order valence-corrected chi connectivity index (χ0v) is 16.4. The maximum Gasteiger partial charge on any atom is 0.404 e. The van der Waals surface area contributed by atoms with Gasteiger partial charge in [0.05, 0.1) is 24.0 Å². The van der Waals surface area contributed by atoms with Gasteiger partial charge < -0.3 is 20.4 Å². The topological polar surface area (TPSA) is 85.7 Å². The van der Waals surface area contributed by atoms with Gasteiger partial charge in [-0.2, -0.15) is 0 Å². The van der Waals surface area contributed by atoms with Gasteiger partial charge in [0.25, 0.3) is 0 Å². The first-order valence-electron chi connectivity index (χ1n) is 9.05. The molecule has 1 heterocycles. The van der Waals surface area contributed by atoms with Crippen molar-refractivity contribution in [2.75, 3.05) is 18.5 Å². The van der Waals surface area contributed by atoms with Crippen LogP contribution in [0.5, 0.6) is 0 Å². The molecule has 0 saturated carbocycles. The maximum atomic E-state index is 11.2. The summed E-state index contributed by atoms with van der Waals surface area (Å²) < 4.78 is 0. The molecule has 0 fully saturated rings. The number of amides is 1. The summed E-state index contributed by atoms with van der Waals surface area (Å²) in [5.74, 6) is 0. The van der Waals surface area contributed by atoms with E-state index in [-0.39, 0.29) is 12.0 Å². The molecule has 0 bridgehead atoms. The van der Waals surface area contributed by atoms with Crippen LogP contribution in [0.25, 0.3) is 0 Å². The van der Waals surface area contributed by atoms with Gasteiger partial charge in [0, 0.05) is 19.8 Å². The van der Waals surface area contributed by atoms with Crippen molar-refractivity contribution in [1.29, 1.82) is 0 Å². The van der Waals surface area contributed by atoms with Crippen LogP contribution in [0, 0.1) is 0 Å². The van der Waals surface area contributed by atoms with Crippen molar-refractivity contribution in [2.24, 2.45) is 0 Å². The Labute approximate surface area is 160 Å². The van der Waals surface area contributed by atoms with Crippen LogP contribution in [-0.4, -0.2) is 47.0 Å². The first-order chi connectivity index (χ1) is 12.7. The largest absolute Gasteiger partial charge is 0.465 e. The average molecular weight is 371 g/mol. The molecular formula is C21H29N3O3. The highest BCUT2D eigenvalue weighted by molar-refractivity contribution is 5.65. The number of aliphatic hydroxyl groups is 1. The number of carbonyl (C=O) groups is 1. The molecule has 2 rings (SSSR count). The number of anilines is 1. The lowest BCUT2D eigenvalue weighted by atomic mass is 9.88. The number of nitrogens with zero attached hydrogens (tertiary/aromatic N) is 2. The molecule has 6 nitrogen and oxygen atoms in total. The predicted octanol–water partition coefficient (Wildman–Crippen LogP) is 3.06. The molecule has 1 aromatic carbocycles. The number of aliphatic hydroxyl groups excluding tert-OH is 1. The summed E-state index contributed by atoms with van der Waals surface area (Å²) in [6, 6.07) is 11.0. The van der Waals surface area contributed by atoms with E-state index >= 15 is 0 Å². The van der Waals surface area contributed by atoms with Crippen LogP contribution in [0.2, 0.25) is 0 Å². The number of carboxylic acid groups (broad SMARTS) is 1. The van der Waals surface area contributed by atoms with E-state index in [4.69, 9.17) is 5.11 Å². The van der Waals surface area contributed by atoms with E-state index in [0.717, 1.165) is 16.8 Å². The van der Waals surface area contributed by atoms with Crippen LogP contribution >= 0.6 is 0 Å². The van der Waals surface area contributed by atoms with Gasteiger partial charge in [-0.05, 0) is 29.0 Å². The molecule has 0 aliphatic rings. The number of hydrogen-bond acceptors (Lipinski definition) is 4. The van der Waals surface area contributed by atoms with Crippen LogP contribution in [0.4, 0.5) is 10.5 Å². The molecule has 2 aromatic rings. The van der Waals surface area contributed by atoms with E-state index in [1.165, 1.54) is 0 Å². The monoisotopic (exact) mass is 371 g/mol. The van der Waals surface area contributed by atoms with Crippen molar-refractivity contribution in [3.8, 4) is 0 Å². The standard InChI is InChI=1S/C21H29N3O3/c1-21(2,3)16-11-17(13-22-12-16)24(4)14-19(25)18(23-20(26)27)10-15-8-6-5-7-9-15/h5-9,11-13,18-19,23,25H,10,14H2,1-4H3,(H,26,27)/t18-,19+/m0/s1. The molecule has 27 heavy (non-hydrogen) atoms. The summed E-state index contributed by atoms with van der Waals surface area (Å²) in [6.07, 6.45) is 2.00. The average Bonchev–Trinajstić information content (AvgIpc) is 2.61. The summed E-state index contributed by atoms with van der Waals surface area (Å²) in [7, 11) is 1.87. The molecule has 0 aliphatic carbocycles. The molecule has 1 aromatic heterocycles. The highest BCUT2D eigenvalue weighted by atomic mass is 16.4. The third-order valence-corrected chi connectivity index (χ3v) is 4.56. The van der Waals surface area contributed by atoms with Crippen molar-refractivity contribution in [3.05, 3.63) is 59.9 Å². The fourth-order valence-corrected chi connectivity index (χ4v) is 2.87. The quantitative estimate of drug-likeness (QED) is 0.696. The van der Waals surface area contributed by atoms with Gasteiger partial charge in [-0.25, -0.2) is 4.79 Å². The lowest BCUT2D eigenvalue weighted by Gasteiger charge is -2.29. The predicted molar refractivity (Wildman–Crippen MR) is 107 cm³/mol. The van der Waals surface area contributed by atoms with E-state index in [9.17, 15) is 9.90 Å². The zero-order chi connectivity index (χ0) is 20.0. The Morgan fingerprint density at radius 3 is 2.48 bits per heavy atom. The molecule has 1 amide bonds. The van der Waals surface area contributed by atoms with E-state index in [1.807, 2.05) is 48.5 Å². The normalized spacial score (nSPS) is 13.7. The van der Waals surface area contributed by atoms with Gasteiger partial charge in [0.1, 0.15) is 0 Å². The Kier molecular flexibility index (Phi) is 6.80. The number of rotatable bonds is 7. The number of benzene rings is 1.